The lowest BCUT2D eigenvalue weighted by atomic mass is 9.73. The SMILES string of the molecule is CC1CCC(=O)C(C(F)(F)F)C1C. The highest BCUT2D eigenvalue weighted by Gasteiger charge is 2.50. The number of alkyl halides is 3. The van der Waals surface area contributed by atoms with Gasteiger partial charge in [0.15, 0.2) is 0 Å². The van der Waals surface area contributed by atoms with Crippen LogP contribution in [0.3, 0.4) is 0 Å². The second-order valence-electron chi connectivity index (χ2n) is 3.86. The molecule has 1 rings (SSSR count). The topological polar surface area (TPSA) is 17.1 Å². The predicted octanol–water partition coefficient (Wildman–Crippen LogP) is 2.80. The van der Waals surface area contributed by atoms with E-state index in [9.17, 15) is 18.0 Å². The van der Waals surface area contributed by atoms with Gasteiger partial charge in [-0.1, -0.05) is 13.8 Å². The average Bonchev–Trinajstić information content (AvgIpc) is 1.95. The fraction of sp³-hybridized carbons (Fsp3) is 0.889. The van der Waals surface area contributed by atoms with E-state index in [2.05, 4.69) is 0 Å². The summed E-state index contributed by atoms with van der Waals surface area (Å²) in [5, 5.41) is 0. The van der Waals surface area contributed by atoms with Crippen LogP contribution in [-0.2, 0) is 4.79 Å². The molecule has 3 atom stereocenters. The Balaban J connectivity index is 2.84. The van der Waals surface area contributed by atoms with E-state index >= 15 is 0 Å². The van der Waals surface area contributed by atoms with Crippen molar-refractivity contribution in [2.45, 2.75) is 32.9 Å². The summed E-state index contributed by atoms with van der Waals surface area (Å²) in [6.45, 7) is 3.29. The van der Waals surface area contributed by atoms with Gasteiger partial charge in [0.1, 0.15) is 11.7 Å². The maximum atomic E-state index is 12.4. The molecule has 0 spiro atoms. The van der Waals surface area contributed by atoms with E-state index in [4.69, 9.17) is 0 Å². The molecule has 0 aromatic heterocycles. The fourth-order valence-electron chi connectivity index (χ4n) is 1.89. The number of hydrogen-bond acceptors (Lipinski definition) is 1. The van der Waals surface area contributed by atoms with E-state index in [1.807, 2.05) is 0 Å². The van der Waals surface area contributed by atoms with E-state index in [0.29, 0.717) is 6.42 Å². The molecular formula is C9H13F3O. The zero-order chi connectivity index (χ0) is 10.2. The number of halogens is 3. The zero-order valence-electron chi connectivity index (χ0n) is 7.69. The molecule has 0 saturated heterocycles. The van der Waals surface area contributed by atoms with E-state index in [-0.39, 0.29) is 12.3 Å². The Morgan fingerprint density at radius 3 is 2.23 bits per heavy atom. The van der Waals surface area contributed by atoms with Crippen molar-refractivity contribution in [1.82, 2.24) is 0 Å². The van der Waals surface area contributed by atoms with Crippen LogP contribution in [0.1, 0.15) is 26.7 Å². The zero-order valence-corrected chi connectivity index (χ0v) is 7.69. The first-order valence-corrected chi connectivity index (χ1v) is 4.43. The molecule has 0 aromatic rings. The van der Waals surface area contributed by atoms with Crippen LogP contribution in [0.2, 0.25) is 0 Å². The normalized spacial score (nSPS) is 36.4. The van der Waals surface area contributed by atoms with Gasteiger partial charge in [-0.05, 0) is 18.3 Å². The van der Waals surface area contributed by atoms with Crippen LogP contribution in [-0.4, -0.2) is 12.0 Å². The molecule has 1 aliphatic carbocycles. The summed E-state index contributed by atoms with van der Waals surface area (Å²) in [5.74, 6) is -2.94. The van der Waals surface area contributed by atoms with Crippen LogP contribution in [0.4, 0.5) is 13.2 Å². The van der Waals surface area contributed by atoms with Gasteiger partial charge in [-0.15, -0.1) is 0 Å². The lowest BCUT2D eigenvalue weighted by Crippen LogP contribution is -2.41. The number of carbonyl (C=O) groups is 1. The quantitative estimate of drug-likeness (QED) is 0.579. The first kappa shape index (κ1) is 10.5. The lowest BCUT2D eigenvalue weighted by Gasteiger charge is -2.33. The van der Waals surface area contributed by atoms with Crippen molar-refractivity contribution >= 4 is 5.78 Å². The Kier molecular flexibility index (Phi) is 2.68. The maximum absolute atomic E-state index is 12.4. The summed E-state index contributed by atoms with van der Waals surface area (Å²) in [5.41, 5.74) is 0. The van der Waals surface area contributed by atoms with Gasteiger partial charge in [0.25, 0.3) is 0 Å². The summed E-state index contributed by atoms with van der Waals surface area (Å²) in [4.78, 5) is 11.1. The Hall–Kier alpha value is -0.540. The van der Waals surface area contributed by atoms with Gasteiger partial charge < -0.3 is 0 Å². The average molecular weight is 194 g/mol. The highest BCUT2D eigenvalue weighted by molar-refractivity contribution is 5.82. The molecule has 0 aromatic carbocycles. The van der Waals surface area contributed by atoms with Crippen LogP contribution < -0.4 is 0 Å². The smallest absolute Gasteiger partial charge is 0.299 e. The molecule has 3 unspecified atom stereocenters. The Bertz CT molecular complexity index is 209. The van der Waals surface area contributed by atoms with Crippen molar-refractivity contribution in [3.05, 3.63) is 0 Å². The molecular weight excluding hydrogens is 181 g/mol. The molecule has 13 heavy (non-hydrogen) atoms. The second-order valence-corrected chi connectivity index (χ2v) is 3.86. The van der Waals surface area contributed by atoms with Crippen molar-refractivity contribution in [2.75, 3.05) is 0 Å². The molecule has 0 aliphatic heterocycles. The minimum atomic E-state index is -4.36. The van der Waals surface area contributed by atoms with Crippen LogP contribution in [0.15, 0.2) is 0 Å². The molecule has 0 radical (unpaired) electrons. The number of carbonyl (C=O) groups excluding carboxylic acids is 1. The van der Waals surface area contributed by atoms with Crippen molar-refractivity contribution in [2.24, 2.45) is 17.8 Å². The monoisotopic (exact) mass is 194 g/mol. The van der Waals surface area contributed by atoms with Gasteiger partial charge in [-0.25, -0.2) is 0 Å². The summed E-state index contributed by atoms with van der Waals surface area (Å²) < 4.78 is 37.2. The molecule has 1 nitrogen and oxygen atoms in total. The van der Waals surface area contributed by atoms with Gasteiger partial charge in [0, 0.05) is 6.42 Å². The minimum Gasteiger partial charge on any atom is -0.299 e. The standard InChI is InChI=1S/C9H13F3O/c1-5-3-4-7(13)8(6(5)2)9(10,11)12/h5-6,8H,3-4H2,1-2H3. The summed E-state index contributed by atoms with van der Waals surface area (Å²) in [6, 6.07) is 0. The highest BCUT2D eigenvalue weighted by atomic mass is 19.4. The summed E-state index contributed by atoms with van der Waals surface area (Å²) in [7, 11) is 0. The number of Topliss-reactive ketones (excluding diaryl/α,β-unsaturated/α-hetero) is 1. The third-order valence-corrected chi connectivity index (χ3v) is 2.97. The predicted molar refractivity (Wildman–Crippen MR) is 42.1 cm³/mol. The molecule has 1 saturated carbocycles. The van der Waals surface area contributed by atoms with Gasteiger partial charge in [-0.3, -0.25) is 4.79 Å². The number of rotatable bonds is 0. The Labute approximate surface area is 75.3 Å². The maximum Gasteiger partial charge on any atom is 0.398 e. The molecule has 1 fully saturated rings. The highest BCUT2D eigenvalue weighted by Crippen LogP contribution is 2.41. The molecule has 0 N–H and O–H groups in total. The second kappa shape index (κ2) is 3.31. The summed E-state index contributed by atoms with van der Waals surface area (Å²) >= 11 is 0. The lowest BCUT2D eigenvalue weighted by molar-refractivity contribution is -0.198. The number of hydrogen-bond donors (Lipinski definition) is 0. The third-order valence-electron chi connectivity index (χ3n) is 2.97. The summed E-state index contributed by atoms with van der Waals surface area (Å²) in [6.07, 6.45) is -3.69. The van der Waals surface area contributed by atoms with E-state index in [0.717, 1.165) is 0 Å². The third kappa shape index (κ3) is 2.03. The van der Waals surface area contributed by atoms with Gasteiger partial charge in [0.05, 0.1) is 0 Å². The molecule has 4 heteroatoms. The number of ketones is 1. The van der Waals surface area contributed by atoms with E-state index < -0.39 is 23.8 Å². The largest absolute Gasteiger partial charge is 0.398 e. The molecule has 76 valence electrons. The van der Waals surface area contributed by atoms with Crippen LogP contribution in [0.25, 0.3) is 0 Å². The van der Waals surface area contributed by atoms with E-state index in [1.54, 1.807) is 6.92 Å². The van der Waals surface area contributed by atoms with Gasteiger partial charge >= 0.3 is 6.18 Å². The van der Waals surface area contributed by atoms with E-state index in [1.165, 1.54) is 6.92 Å². The van der Waals surface area contributed by atoms with Crippen LogP contribution in [0, 0.1) is 17.8 Å². The Morgan fingerprint density at radius 1 is 1.31 bits per heavy atom. The van der Waals surface area contributed by atoms with Crippen LogP contribution in [0.5, 0.6) is 0 Å². The molecule has 1 aliphatic rings. The van der Waals surface area contributed by atoms with Crippen molar-refractivity contribution in [1.29, 1.82) is 0 Å². The molecule has 0 heterocycles. The van der Waals surface area contributed by atoms with Gasteiger partial charge in [-0.2, -0.15) is 13.2 Å². The fourth-order valence-corrected chi connectivity index (χ4v) is 1.89. The molecule has 0 amide bonds. The Morgan fingerprint density at radius 2 is 1.85 bits per heavy atom. The van der Waals surface area contributed by atoms with Crippen molar-refractivity contribution in [3.8, 4) is 0 Å². The molecule has 0 bridgehead atoms. The van der Waals surface area contributed by atoms with Crippen LogP contribution >= 0.6 is 0 Å². The first-order chi connectivity index (χ1) is 5.84. The van der Waals surface area contributed by atoms with Crippen molar-refractivity contribution in [3.63, 3.8) is 0 Å². The minimum absolute atomic E-state index is 0.00988. The first-order valence-electron chi connectivity index (χ1n) is 4.43. The van der Waals surface area contributed by atoms with Crippen molar-refractivity contribution < 1.29 is 18.0 Å². The van der Waals surface area contributed by atoms with Gasteiger partial charge in [0.2, 0.25) is 0 Å².